The largest absolute Gasteiger partial charge is 0.492 e. The van der Waals surface area contributed by atoms with Gasteiger partial charge in [-0.3, -0.25) is 0 Å². The smallest absolute Gasteiger partial charge is 0.444 e. The number of carbonyl (C=O) groups excluding carboxylic acids is 1. The predicted molar refractivity (Wildman–Crippen MR) is 134 cm³/mol. The monoisotopic (exact) mass is 450 g/mol. The topological polar surface area (TPSA) is 68.8 Å². The molecule has 6 nitrogen and oxygen atoms in total. The fraction of sp³-hybridized carbons (Fsp3) is 0.423. The fourth-order valence-electron chi connectivity index (χ4n) is 3.30. The first kappa shape index (κ1) is 24.9. The van der Waals surface area contributed by atoms with Crippen molar-refractivity contribution in [2.75, 3.05) is 11.9 Å². The lowest BCUT2D eigenvalue weighted by atomic mass is 9.77. The highest BCUT2D eigenvalue weighted by molar-refractivity contribution is 6.56. The Bertz CT molecular complexity index is 981. The Labute approximate surface area is 197 Å². The first-order valence-corrected chi connectivity index (χ1v) is 11.3. The van der Waals surface area contributed by atoms with E-state index in [2.05, 4.69) is 10.6 Å². The molecule has 0 saturated carbocycles. The van der Waals surface area contributed by atoms with Crippen LogP contribution in [0.1, 0.15) is 54.0 Å². The molecule has 33 heavy (non-hydrogen) atoms. The molecule has 1 amide bonds. The molecule has 0 aliphatic carbocycles. The fourth-order valence-corrected chi connectivity index (χ4v) is 3.30. The van der Waals surface area contributed by atoms with Gasteiger partial charge >= 0.3 is 13.2 Å². The average molecular weight is 450 g/mol. The number of benzene rings is 2. The number of alkyl carbamates (subject to hydrolysis) is 1. The van der Waals surface area contributed by atoms with Gasteiger partial charge in [-0.15, -0.1) is 0 Å². The van der Waals surface area contributed by atoms with Gasteiger partial charge in [0.25, 0.3) is 0 Å². The third-order valence-corrected chi connectivity index (χ3v) is 5.75. The molecule has 2 aromatic carbocycles. The second-order valence-electron chi connectivity index (χ2n) is 10.2. The Hall–Kier alpha value is -2.77. The molecule has 1 heterocycles. The molecule has 0 spiro atoms. The Kier molecular flexibility index (Phi) is 7.25. The molecule has 2 aromatic rings. The van der Waals surface area contributed by atoms with Crippen molar-refractivity contribution in [3.05, 3.63) is 65.6 Å². The van der Waals surface area contributed by atoms with E-state index in [-0.39, 0.29) is 6.54 Å². The summed E-state index contributed by atoms with van der Waals surface area (Å²) in [7, 11) is -0.602. The van der Waals surface area contributed by atoms with E-state index in [4.69, 9.17) is 14.0 Å². The van der Waals surface area contributed by atoms with Crippen LogP contribution >= 0.6 is 0 Å². The lowest BCUT2D eigenvalue weighted by Crippen LogP contribution is -2.41. The minimum Gasteiger partial charge on any atom is -0.444 e. The van der Waals surface area contributed by atoms with E-state index in [1.54, 1.807) is 0 Å². The number of anilines is 2. The van der Waals surface area contributed by atoms with Gasteiger partial charge in [0.1, 0.15) is 5.60 Å². The molecule has 1 fully saturated rings. The van der Waals surface area contributed by atoms with Gasteiger partial charge in [-0.2, -0.15) is 0 Å². The molecule has 176 valence electrons. The van der Waals surface area contributed by atoms with E-state index in [1.807, 2.05) is 109 Å². The standard InChI is InChI=1S/C26H35BN2O4/c1-24(2,3)31-23(30)28-18-20(27-32-25(4,5)26(6,7)33-27)17-19-13-11-12-16-22(19)29-21-14-9-8-10-15-21/h8-17,29H,18H2,1-7H3,(H,28,30). The first-order valence-electron chi connectivity index (χ1n) is 11.3. The second-order valence-corrected chi connectivity index (χ2v) is 10.2. The zero-order valence-corrected chi connectivity index (χ0v) is 20.7. The van der Waals surface area contributed by atoms with Crippen LogP contribution < -0.4 is 10.6 Å². The molecular formula is C26H35BN2O4. The van der Waals surface area contributed by atoms with Crippen LogP contribution in [0.5, 0.6) is 0 Å². The van der Waals surface area contributed by atoms with E-state index in [0.717, 1.165) is 22.4 Å². The highest BCUT2D eigenvalue weighted by Crippen LogP contribution is 2.39. The quantitative estimate of drug-likeness (QED) is 0.531. The van der Waals surface area contributed by atoms with E-state index < -0.39 is 30.0 Å². The summed E-state index contributed by atoms with van der Waals surface area (Å²) in [6.45, 7) is 13.8. The van der Waals surface area contributed by atoms with E-state index in [0.29, 0.717) is 0 Å². The van der Waals surface area contributed by atoms with Crippen molar-refractivity contribution in [3.8, 4) is 0 Å². The summed E-state index contributed by atoms with van der Waals surface area (Å²) in [5.74, 6) is 0. The Balaban J connectivity index is 1.90. The van der Waals surface area contributed by atoms with Gasteiger partial charge in [-0.1, -0.05) is 42.5 Å². The zero-order chi connectivity index (χ0) is 24.3. The lowest BCUT2D eigenvalue weighted by molar-refractivity contribution is 0.00578. The van der Waals surface area contributed by atoms with Crippen LogP contribution in [0.25, 0.3) is 6.08 Å². The SMILES string of the molecule is CC(C)(C)OC(=O)NCC(=Cc1ccccc1Nc1ccccc1)B1OC(C)(C)C(C)(C)O1. The summed E-state index contributed by atoms with van der Waals surface area (Å²) in [6.07, 6.45) is 1.52. The molecule has 0 aromatic heterocycles. The molecule has 0 atom stereocenters. The van der Waals surface area contributed by atoms with Crippen molar-refractivity contribution in [1.82, 2.24) is 5.32 Å². The highest BCUT2D eigenvalue weighted by atomic mass is 16.7. The van der Waals surface area contributed by atoms with E-state index in [1.165, 1.54) is 0 Å². The molecule has 0 radical (unpaired) electrons. The van der Waals surface area contributed by atoms with Crippen molar-refractivity contribution in [2.45, 2.75) is 65.3 Å². The maximum Gasteiger partial charge on any atom is 0.492 e. The van der Waals surface area contributed by atoms with Gasteiger partial charge < -0.3 is 24.7 Å². The summed E-state index contributed by atoms with van der Waals surface area (Å²) in [6, 6.07) is 18.0. The average Bonchev–Trinajstić information content (AvgIpc) is 2.93. The summed E-state index contributed by atoms with van der Waals surface area (Å²) in [4.78, 5) is 12.3. The van der Waals surface area contributed by atoms with Crippen LogP contribution in [0.2, 0.25) is 0 Å². The Morgan fingerprint density at radius 3 is 2.15 bits per heavy atom. The number of carbonyl (C=O) groups is 1. The summed E-state index contributed by atoms with van der Waals surface area (Å²) >= 11 is 0. The van der Waals surface area contributed by atoms with Crippen molar-refractivity contribution >= 4 is 30.7 Å². The molecule has 0 unspecified atom stereocenters. The van der Waals surface area contributed by atoms with Crippen LogP contribution in [0.3, 0.4) is 0 Å². The number of rotatable bonds is 6. The zero-order valence-electron chi connectivity index (χ0n) is 20.7. The van der Waals surface area contributed by atoms with Gasteiger partial charge in [0, 0.05) is 17.9 Å². The van der Waals surface area contributed by atoms with Gasteiger partial charge in [0.15, 0.2) is 0 Å². The van der Waals surface area contributed by atoms with Crippen LogP contribution in [-0.4, -0.2) is 36.6 Å². The van der Waals surface area contributed by atoms with E-state index >= 15 is 0 Å². The molecular weight excluding hydrogens is 415 g/mol. The minimum absolute atomic E-state index is 0.228. The molecule has 0 bridgehead atoms. The molecule has 1 aliphatic rings. The first-order chi connectivity index (χ1) is 15.4. The van der Waals surface area contributed by atoms with Crippen molar-refractivity contribution < 1.29 is 18.8 Å². The Morgan fingerprint density at radius 1 is 0.970 bits per heavy atom. The maximum atomic E-state index is 12.3. The number of nitrogens with one attached hydrogen (secondary N) is 2. The normalized spacial score (nSPS) is 17.5. The maximum absolute atomic E-state index is 12.3. The highest BCUT2D eigenvalue weighted by Gasteiger charge is 2.52. The number of ether oxygens (including phenoxy) is 1. The predicted octanol–water partition coefficient (Wildman–Crippen LogP) is 5.97. The third kappa shape index (κ3) is 6.62. The van der Waals surface area contributed by atoms with Crippen LogP contribution in [0.15, 0.2) is 60.1 Å². The summed E-state index contributed by atoms with van der Waals surface area (Å²) in [5.41, 5.74) is 2.11. The molecule has 2 N–H and O–H groups in total. The number of hydrogen-bond acceptors (Lipinski definition) is 5. The minimum atomic E-state index is -0.602. The molecule has 7 heteroatoms. The Morgan fingerprint density at radius 2 is 1.55 bits per heavy atom. The van der Waals surface area contributed by atoms with Gasteiger partial charge in [0.05, 0.1) is 11.2 Å². The number of hydrogen-bond donors (Lipinski definition) is 2. The number of amides is 1. The van der Waals surface area contributed by atoms with Crippen LogP contribution in [0.4, 0.5) is 16.2 Å². The van der Waals surface area contributed by atoms with Crippen molar-refractivity contribution in [2.24, 2.45) is 0 Å². The van der Waals surface area contributed by atoms with Gasteiger partial charge in [-0.25, -0.2) is 4.79 Å². The van der Waals surface area contributed by atoms with Crippen molar-refractivity contribution in [3.63, 3.8) is 0 Å². The van der Waals surface area contributed by atoms with Gasteiger partial charge in [0.2, 0.25) is 0 Å². The van der Waals surface area contributed by atoms with Gasteiger partial charge in [-0.05, 0) is 77.7 Å². The second kappa shape index (κ2) is 9.61. The van der Waals surface area contributed by atoms with E-state index in [9.17, 15) is 4.79 Å². The molecule has 3 rings (SSSR count). The lowest BCUT2D eigenvalue weighted by Gasteiger charge is -2.32. The molecule has 1 aliphatic heterocycles. The van der Waals surface area contributed by atoms with Crippen LogP contribution in [-0.2, 0) is 14.0 Å². The van der Waals surface area contributed by atoms with Crippen LogP contribution in [0, 0.1) is 0 Å². The third-order valence-electron chi connectivity index (χ3n) is 5.75. The van der Waals surface area contributed by atoms with Crippen molar-refractivity contribution in [1.29, 1.82) is 0 Å². The molecule has 1 saturated heterocycles. The number of para-hydroxylation sites is 2. The summed E-state index contributed by atoms with van der Waals surface area (Å²) < 4.78 is 18.0. The summed E-state index contributed by atoms with van der Waals surface area (Å²) in [5, 5.41) is 6.31.